The molecule has 1 aromatic carbocycles. The minimum atomic E-state index is -0.197. The molecule has 3 rings (SSSR count). The molecule has 0 saturated carbocycles. The van der Waals surface area contributed by atoms with Gasteiger partial charge in [0.05, 0.1) is 16.7 Å². The molecule has 6 heteroatoms. The van der Waals surface area contributed by atoms with Crippen LogP contribution >= 0.6 is 11.8 Å². The Labute approximate surface area is 124 Å². The molecule has 0 unspecified atom stereocenters. The van der Waals surface area contributed by atoms with Crippen molar-refractivity contribution in [2.75, 3.05) is 5.75 Å². The van der Waals surface area contributed by atoms with Gasteiger partial charge in [-0.25, -0.2) is 4.98 Å². The Morgan fingerprint density at radius 1 is 1.19 bits per heavy atom. The fourth-order valence-electron chi connectivity index (χ4n) is 1.88. The normalized spacial score (nSPS) is 10.7. The molecule has 0 bridgehead atoms. The number of aromatic amines is 1. The SMILES string of the molecule is O=C(CSc1nc2ccccc2c(=O)[nH]1)c1cccnc1. The summed E-state index contributed by atoms with van der Waals surface area (Å²) >= 11 is 1.21. The summed E-state index contributed by atoms with van der Waals surface area (Å²) in [6.07, 6.45) is 3.14. The second-order valence-electron chi connectivity index (χ2n) is 4.34. The summed E-state index contributed by atoms with van der Waals surface area (Å²) in [7, 11) is 0. The lowest BCUT2D eigenvalue weighted by Gasteiger charge is -2.02. The van der Waals surface area contributed by atoms with Gasteiger partial charge in [0.25, 0.3) is 5.56 Å². The van der Waals surface area contributed by atoms with Crippen LogP contribution in [0.4, 0.5) is 0 Å². The largest absolute Gasteiger partial charge is 0.301 e. The number of carbonyl (C=O) groups is 1. The second kappa shape index (κ2) is 5.88. The van der Waals surface area contributed by atoms with Crippen LogP contribution in [0.1, 0.15) is 10.4 Å². The molecule has 2 heterocycles. The van der Waals surface area contributed by atoms with E-state index in [-0.39, 0.29) is 17.1 Å². The third-order valence-corrected chi connectivity index (χ3v) is 3.79. The minimum Gasteiger partial charge on any atom is -0.301 e. The zero-order chi connectivity index (χ0) is 14.7. The summed E-state index contributed by atoms with van der Waals surface area (Å²) in [4.78, 5) is 34.8. The first-order chi connectivity index (χ1) is 10.2. The van der Waals surface area contributed by atoms with Crippen molar-refractivity contribution in [1.29, 1.82) is 0 Å². The number of aromatic nitrogens is 3. The van der Waals surface area contributed by atoms with Crippen LogP contribution in [0, 0.1) is 0 Å². The lowest BCUT2D eigenvalue weighted by molar-refractivity contribution is 0.102. The van der Waals surface area contributed by atoms with E-state index in [9.17, 15) is 9.59 Å². The Kier molecular flexibility index (Phi) is 3.79. The van der Waals surface area contributed by atoms with Crippen LogP contribution in [0.3, 0.4) is 0 Å². The van der Waals surface area contributed by atoms with Crippen molar-refractivity contribution in [1.82, 2.24) is 15.0 Å². The molecule has 0 radical (unpaired) electrons. The van der Waals surface area contributed by atoms with E-state index in [1.54, 1.807) is 36.5 Å². The Morgan fingerprint density at radius 2 is 2.05 bits per heavy atom. The van der Waals surface area contributed by atoms with Crippen molar-refractivity contribution in [3.05, 3.63) is 64.7 Å². The summed E-state index contributed by atoms with van der Waals surface area (Å²) < 4.78 is 0. The third-order valence-electron chi connectivity index (χ3n) is 2.91. The summed E-state index contributed by atoms with van der Waals surface area (Å²) in [5.41, 5.74) is 0.975. The van der Waals surface area contributed by atoms with Gasteiger partial charge in [-0.05, 0) is 24.3 Å². The van der Waals surface area contributed by atoms with Crippen LogP contribution < -0.4 is 5.56 Å². The number of Topliss-reactive ketones (excluding diaryl/α,β-unsaturated/α-hetero) is 1. The molecule has 0 amide bonds. The van der Waals surface area contributed by atoms with Gasteiger partial charge in [0.2, 0.25) is 0 Å². The van der Waals surface area contributed by atoms with E-state index in [2.05, 4.69) is 15.0 Å². The molecule has 3 aromatic rings. The van der Waals surface area contributed by atoms with Crippen molar-refractivity contribution in [2.45, 2.75) is 5.16 Å². The number of pyridine rings is 1. The average molecular weight is 297 g/mol. The number of para-hydroxylation sites is 1. The van der Waals surface area contributed by atoms with Gasteiger partial charge < -0.3 is 4.98 Å². The van der Waals surface area contributed by atoms with Crippen LogP contribution in [-0.2, 0) is 0 Å². The molecule has 0 saturated heterocycles. The van der Waals surface area contributed by atoms with Gasteiger partial charge in [-0.3, -0.25) is 14.6 Å². The predicted octanol–water partition coefficient (Wildman–Crippen LogP) is 2.29. The summed E-state index contributed by atoms with van der Waals surface area (Å²) in [6, 6.07) is 10.5. The van der Waals surface area contributed by atoms with Gasteiger partial charge in [-0.2, -0.15) is 0 Å². The number of nitrogens with one attached hydrogen (secondary N) is 1. The number of hydrogen-bond donors (Lipinski definition) is 1. The van der Waals surface area contributed by atoms with Crippen LogP contribution in [0.2, 0.25) is 0 Å². The molecule has 1 N–H and O–H groups in total. The number of carbonyl (C=O) groups excluding carboxylic acids is 1. The number of thioether (sulfide) groups is 1. The van der Waals surface area contributed by atoms with Gasteiger partial charge in [-0.1, -0.05) is 23.9 Å². The lowest BCUT2D eigenvalue weighted by atomic mass is 10.2. The van der Waals surface area contributed by atoms with Gasteiger partial charge in [-0.15, -0.1) is 0 Å². The second-order valence-corrected chi connectivity index (χ2v) is 5.31. The number of ketones is 1. The zero-order valence-electron chi connectivity index (χ0n) is 10.9. The van der Waals surface area contributed by atoms with E-state index in [4.69, 9.17) is 0 Å². The van der Waals surface area contributed by atoms with Crippen molar-refractivity contribution in [3.8, 4) is 0 Å². The molecule has 0 atom stereocenters. The maximum absolute atomic E-state index is 12.0. The minimum absolute atomic E-state index is 0.0519. The van der Waals surface area contributed by atoms with E-state index in [1.165, 1.54) is 18.0 Å². The van der Waals surface area contributed by atoms with Crippen LogP contribution in [0.15, 0.2) is 58.7 Å². The number of rotatable bonds is 4. The number of H-pyrrole nitrogens is 1. The molecule has 0 aliphatic heterocycles. The first-order valence-corrected chi connectivity index (χ1v) is 7.28. The van der Waals surface area contributed by atoms with E-state index in [1.807, 2.05) is 6.07 Å². The third kappa shape index (κ3) is 3.00. The van der Waals surface area contributed by atoms with Crippen molar-refractivity contribution >= 4 is 28.4 Å². The fraction of sp³-hybridized carbons (Fsp3) is 0.0667. The number of nitrogens with zero attached hydrogens (tertiary/aromatic N) is 2. The Bertz CT molecular complexity index is 846. The Morgan fingerprint density at radius 3 is 2.86 bits per heavy atom. The highest BCUT2D eigenvalue weighted by atomic mass is 32.2. The maximum atomic E-state index is 12.0. The maximum Gasteiger partial charge on any atom is 0.259 e. The highest BCUT2D eigenvalue weighted by Gasteiger charge is 2.09. The molecule has 0 aliphatic carbocycles. The molecule has 104 valence electrons. The predicted molar refractivity (Wildman–Crippen MR) is 81.7 cm³/mol. The molecule has 21 heavy (non-hydrogen) atoms. The average Bonchev–Trinajstić information content (AvgIpc) is 2.53. The molecule has 0 spiro atoms. The van der Waals surface area contributed by atoms with Gasteiger partial charge in [0, 0.05) is 18.0 Å². The molecule has 5 nitrogen and oxygen atoms in total. The Hall–Kier alpha value is -2.47. The topological polar surface area (TPSA) is 75.7 Å². The first-order valence-electron chi connectivity index (χ1n) is 6.29. The van der Waals surface area contributed by atoms with E-state index in [0.29, 0.717) is 21.6 Å². The molecular formula is C15H11N3O2S. The summed E-state index contributed by atoms with van der Waals surface area (Å²) in [5.74, 6) is 0.149. The lowest BCUT2D eigenvalue weighted by Crippen LogP contribution is -2.10. The highest BCUT2D eigenvalue weighted by Crippen LogP contribution is 2.16. The van der Waals surface area contributed by atoms with Crippen LogP contribution in [0.25, 0.3) is 10.9 Å². The summed E-state index contributed by atoms with van der Waals surface area (Å²) in [6.45, 7) is 0. The number of fused-ring (bicyclic) bond motifs is 1. The van der Waals surface area contributed by atoms with Crippen molar-refractivity contribution < 1.29 is 4.79 Å². The number of benzene rings is 1. The standard InChI is InChI=1S/C15H11N3O2S/c19-13(10-4-3-7-16-8-10)9-21-15-17-12-6-2-1-5-11(12)14(20)18-15/h1-8H,9H2,(H,17,18,20). The van der Waals surface area contributed by atoms with Crippen molar-refractivity contribution in [2.24, 2.45) is 0 Å². The first kappa shape index (κ1) is 13.5. The van der Waals surface area contributed by atoms with Crippen LogP contribution in [0.5, 0.6) is 0 Å². The Balaban J connectivity index is 1.80. The van der Waals surface area contributed by atoms with Gasteiger partial charge in [0.1, 0.15) is 0 Å². The zero-order valence-corrected chi connectivity index (χ0v) is 11.8. The molecule has 0 fully saturated rings. The molecule has 0 aliphatic rings. The van der Waals surface area contributed by atoms with Gasteiger partial charge in [0.15, 0.2) is 10.9 Å². The van der Waals surface area contributed by atoms with E-state index < -0.39 is 0 Å². The smallest absolute Gasteiger partial charge is 0.259 e. The summed E-state index contributed by atoms with van der Waals surface area (Å²) in [5, 5.41) is 0.983. The molecule has 2 aromatic heterocycles. The molecular weight excluding hydrogens is 286 g/mol. The quantitative estimate of drug-likeness (QED) is 0.454. The van der Waals surface area contributed by atoms with E-state index in [0.717, 1.165) is 0 Å². The van der Waals surface area contributed by atoms with Gasteiger partial charge >= 0.3 is 0 Å². The number of hydrogen-bond acceptors (Lipinski definition) is 5. The monoisotopic (exact) mass is 297 g/mol. The highest BCUT2D eigenvalue weighted by molar-refractivity contribution is 7.99. The van der Waals surface area contributed by atoms with E-state index >= 15 is 0 Å². The fourth-order valence-corrected chi connectivity index (χ4v) is 2.64. The van der Waals surface area contributed by atoms with Crippen LogP contribution in [-0.4, -0.2) is 26.5 Å². The van der Waals surface area contributed by atoms with Crippen molar-refractivity contribution in [3.63, 3.8) is 0 Å².